The first-order chi connectivity index (χ1) is 7.70. The normalized spacial score (nSPS) is 17.6. The third kappa shape index (κ3) is 2.31. The lowest BCUT2D eigenvalue weighted by Gasteiger charge is -2.33. The van der Waals surface area contributed by atoms with Crippen molar-refractivity contribution < 1.29 is 0 Å². The van der Waals surface area contributed by atoms with Gasteiger partial charge in [-0.15, -0.1) is 0 Å². The van der Waals surface area contributed by atoms with E-state index < -0.39 is 0 Å². The molecule has 2 heteroatoms. The van der Waals surface area contributed by atoms with Gasteiger partial charge in [0.2, 0.25) is 0 Å². The van der Waals surface area contributed by atoms with Crippen LogP contribution in [0.15, 0.2) is 18.2 Å². The summed E-state index contributed by atoms with van der Waals surface area (Å²) in [5, 5.41) is 3.30. The van der Waals surface area contributed by atoms with E-state index >= 15 is 0 Å². The highest BCUT2D eigenvalue weighted by Crippen LogP contribution is 2.30. The molecular weight excluding hydrogens is 196 g/mol. The topological polar surface area (TPSA) is 15.3 Å². The second-order valence-electron chi connectivity index (χ2n) is 4.94. The van der Waals surface area contributed by atoms with Crippen LogP contribution in [0.3, 0.4) is 0 Å². The van der Waals surface area contributed by atoms with Gasteiger partial charge in [0.1, 0.15) is 0 Å². The number of rotatable bonds is 2. The molecule has 1 N–H and O–H groups in total. The molecule has 1 aliphatic heterocycles. The Hall–Kier alpha value is -1.18. The maximum atomic E-state index is 3.30. The summed E-state index contributed by atoms with van der Waals surface area (Å²) in [5.74, 6) is 0.889. The summed E-state index contributed by atoms with van der Waals surface area (Å²) in [7, 11) is 2.00. The molecular formula is C14H22N2. The van der Waals surface area contributed by atoms with Gasteiger partial charge in [0.15, 0.2) is 0 Å². The van der Waals surface area contributed by atoms with Crippen molar-refractivity contribution in [1.82, 2.24) is 0 Å². The van der Waals surface area contributed by atoms with Crippen LogP contribution >= 0.6 is 0 Å². The van der Waals surface area contributed by atoms with E-state index in [1.807, 2.05) is 7.05 Å². The number of anilines is 2. The van der Waals surface area contributed by atoms with Crippen LogP contribution in [-0.2, 0) is 0 Å². The van der Waals surface area contributed by atoms with E-state index in [4.69, 9.17) is 0 Å². The van der Waals surface area contributed by atoms with E-state index in [9.17, 15) is 0 Å². The third-order valence-electron chi connectivity index (χ3n) is 3.55. The Balaban J connectivity index is 2.19. The largest absolute Gasteiger partial charge is 0.386 e. The molecule has 88 valence electrons. The van der Waals surface area contributed by atoms with Gasteiger partial charge >= 0.3 is 0 Å². The smallest absolute Gasteiger partial charge is 0.0602 e. The first kappa shape index (κ1) is 11.3. The Morgan fingerprint density at radius 1 is 1.25 bits per heavy atom. The van der Waals surface area contributed by atoms with Crippen LogP contribution in [0.1, 0.15) is 25.3 Å². The standard InChI is InChI=1S/C14H22N2/c1-11-6-8-16(9-7-11)14-5-4-12(2)10-13(14)15-3/h4-5,10-11,15H,6-9H2,1-3H3. The van der Waals surface area contributed by atoms with Crippen molar-refractivity contribution in [2.75, 3.05) is 30.4 Å². The third-order valence-corrected chi connectivity index (χ3v) is 3.55. The second-order valence-corrected chi connectivity index (χ2v) is 4.94. The lowest BCUT2D eigenvalue weighted by atomic mass is 9.98. The van der Waals surface area contributed by atoms with Crippen LogP contribution in [0.4, 0.5) is 11.4 Å². The first-order valence-corrected chi connectivity index (χ1v) is 6.24. The zero-order valence-electron chi connectivity index (χ0n) is 10.6. The van der Waals surface area contributed by atoms with Gasteiger partial charge in [-0.3, -0.25) is 0 Å². The second kappa shape index (κ2) is 4.77. The van der Waals surface area contributed by atoms with E-state index in [-0.39, 0.29) is 0 Å². The molecule has 0 unspecified atom stereocenters. The Morgan fingerprint density at radius 2 is 1.94 bits per heavy atom. The molecule has 2 nitrogen and oxygen atoms in total. The van der Waals surface area contributed by atoms with Gasteiger partial charge in [0, 0.05) is 20.1 Å². The number of benzene rings is 1. The van der Waals surface area contributed by atoms with E-state index in [2.05, 4.69) is 42.3 Å². The molecule has 0 amide bonds. The van der Waals surface area contributed by atoms with E-state index in [0.717, 1.165) is 5.92 Å². The molecule has 1 saturated heterocycles. The fourth-order valence-corrected chi connectivity index (χ4v) is 2.38. The van der Waals surface area contributed by atoms with Crippen molar-refractivity contribution in [3.05, 3.63) is 23.8 Å². The summed E-state index contributed by atoms with van der Waals surface area (Å²) in [6.45, 7) is 6.88. The lowest BCUT2D eigenvalue weighted by Crippen LogP contribution is -2.33. The number of hydrogen-bond donors (Lipinski definition) is 1. The van der Waals surface area contributed by atoms with Gasteiger partial charge in [-0.25, -0.2) is 0 Å². The molecule has 0 radical (unpaired) electrons. The zero-order valence-corrected chi connectivity index (χ0v) is 10.6. The van der Waals surface area contributed by atoms with Gasteiger partial charge in [-0.1, -0.05) is 13.0 Å². The molecule has 1 aromatic rings. The van der Waals surface area contributed by atoms with E-state index in [1.165, 1.54) is 42.9 Å². The van der Waals surface area contributed by atoms with Crippen molar-refractivity contribution in [1.29, 1.82) is 0 Å². The predicted octanol–water partition coefficient (Wildman–Crippen LogP) is 3.27. The number of nitrogens with zero attached hydrogens (tertiary/aromatic N) is 1. The molecule has 0 aliphatic carbocycles. The van der Waals surface area contributed by atoms with Crippen molar-refractivity contribution in [2.45, 2.75) is 26.7 Å². The summed E-state index contributed by atoms with van der Waals surface area (Å²) < 4.78 is 0. The van der Waals surface area contributed by atoms with Crippen molar-refractivity contribution in [3.63, 3.8) is 0 Å². The van der Waals surface area contributed by atoms with E-state index in [0.29, 0.717) is 0 Å². The van der Waals surface area contributed by atoms with Gasteiger partial charge in [0.25, 0.3) is 0 Å². The number of hydrogen-bond acceptors (Lipinski definition) is 2. The minimum absolute atomic E-state index is 0.889. The van der Waals surface area contributed by atoms with Gasteiger partial charge in [-0.05, 0) is 43.4 Å². The number of piperidine rings is 1. The van der Waals surface area contributed by atoms with Gasteiger partial charge in [0.05, 0.1) is 11.4 Å². The average Bonchev–Trinajstić information content (AvgIpc) is 2.30. The molecule has 1 aliphatic rings. The predicted molar refractivity (Wildman–Crippen MR) is 71.3 cm³/mol. The minimum atomic E-state index is 0.889. The zero-order chi connectivity index (χ0) is 11.5. The molecule has 1 heterocycles. The van der Waals surface area contributed by atoms with Crippen LogP contribution in [-0.4, -0.2) is 20.1 Å². The summed E-state index contributed by atoms with van der Waals surface area (Å²) in [5.41, 5.74) is 3.94. The highest BCUT2D eigenvalue weighted by atomic mass is 15.1. The Kier molecular flexibility index (Phi) is 3.37. The summed E-state index contributed by atoms with van der Waals surface area (Å²) in [4.78, 5) is 2.51. The highest BCUT2D eigenvalue weighted by Gasteiger charge is 2.17. The quantitative estimate of drug-likeness (QED) is 0.819. The first-order valence-electron chi connectivity index (χ1n) is 6.24. The van der Waals surface area contributed by atoms with Crippen LogP contribution in [0.5, 0.6) is 0 Å². The number of nitrogens with one attached hydrogen (secondary N) is 1. The van der Waals surface area contributed by atoms with E-state index in [1.54, 1.807) is 0 Å². The average molecular weight is 218 g/mol. The van der Waals surface area contributed by atoms with Crippen molar-refractivity contribution in [2.24, 2.45) is 5.92 Å². The maximum absolute atomic E-state index is 3.30. The van der Waals surface area contributed by atoms with Crippen molar-refractivity contribution >= 4 is 11.4 Å². The minimum Gasteiger partial charge on any atom is -0.386 e. The molecule has 0 bridgehead atoms. The molecule has 0 aromatic heterocycles. The fraction of sp³-hybridized carbons (Fsp3) is 0.571. The van der Waals surface area contributed by atoms with Gasteiger partial charge in [-0.2, -0.15) is 0 Å². The number of aryl methyl sites for hydroxylation is 1. The van der Waals surface area contributed by atoms with Crippen LogP contribution < -0.4 is 10.2 Å². The highest BCUT2D eigenvalue weighted by molar-refractivity contribution is 5.70. The summed E-state index contributed by atoms with van der Waals surface area (Å²) >= 11 is 0. The molecule has 0 spiro atoms. The molecule has 1 aromatic carbocycles. The lowest BCUT2D eigenvalue weighted by molar-refractivity contribution is 0.438. The summed E-state index contributed by atoms with van der Waals surface area (Å²) in [6, 6.07) is 6.68. The Bertz CT molecular complexity index is 352. The summed E-state index contributed by atoms with van der Waals surface area (Å²) in [6.07, 6.45) is 2.63. The van der Waals surface area contributed by atoms with Crippen LogP contribution in [0, 0.1) is 12.8 Å². The molecule has 0 atom stereocenters. The van der Waals surface area contributed by atoms with Gasteiger partial charge < -0.3 is 10.2 Å². The monoisotopic (exact) mass is 218 g/mol. The van der Waals surface area contributed by atoms with Crippen LogP contribution in [0.25, 0.3) is 0 Å². The molecule has 16 heavy (non-hydrogen) atoms. The van der Waals surface area contributed by atoms with Crippen LogP contribution in [0.2, 0.25) is 0 Å². The fourth-order valence-electron chi connectivity index (χ4n) is 2.38. The maximum Gasteiger partial charge on any atom is 0.0602 e. The molecule has 1 fully saturated rings. The SMILES string of the molecule is CNc1cc(C)ccc1N1CCC(C)CC1. The van der Waals surface area contributed by atoms with Crippen molar-refractivity contribution in [3.8, 4) is 0 Å². The molecule has 0 saturated carbocycles. The Morgan fingerprint density at radius 3 is 2.56 bits per heavy atom. The molecule has 2 rings (SSSR count). The Labute approximate surface area is 98.7 Å².